The van der Waals surface area contributed by atoms with Crippen LogP contribution in [0.5, 0.6) is 0 Å². The molecule has 124 valence electrons. The fourth-order valence-electron chi connectivity index (χ4n) is 2.74. The van der Waals surface area contributed by atoms with Crippen molar-refractivity contribution >= 4 is 11.8 Å². The highest BCUT2D eigenvalue weighted by Gasteiger charge is 2.07. The third-order valence-corrected chi connectivity index (χ3v) is 4.23. The summed E-state index contributed by atoms with van der Waals surface area (Å²) >= 11 is 0. The maximum Gasteiger partial charge on any atom is 0.0369 e. The van der Waals surface area contributed by atoms with Gasteiger partial charge in [-0.05, 0) is 36.3 Å². The number of rotatable bonds is 8. The number of hydrogen-bond donors (Lipinski definition) is 0. The molecular formula is C21H30N2. The van der Waals surface area contributed by atoms with E-state index >= 15 is 0 Å². The average molecular weight is 310 g/mol. The van der Waals surface area contributed by atoms with Gasteiger partial charge in [-0.15, -0.1) is 0 Å². The maximum absolute atomic E-state index is 2.47. The molecule has 0 spiro atoms. The van der Waals surface area contributed by atoms with Gasteiger partial charge in [0.2, 0.25) is 0 Å². The van der Waals surface area contributed by atoms with Gasteiger partial charge in [-0.2, -0.15) is 0 Å². The molecule has 0 saturated carbocycles. The van der Waals surface area contributed by atoms with E-state index in [2.05, 4.69) is 85.5 Å². The molecule has 0 radical (unpaired) electrons. The van der Waals surface area contributed by atoms with Crippen LogP contribution in [0.2, 0.25) is 0 Å². The van der Waals surface area contributed by atoms with Gasteiger partial charge >= 0.3 is 0 Å². The molecule has 0 aromatic heterocycles. The predicted molar refractivity (Wildman–Crippen MR) is 103 cm³/mol. The number of benzene rings is 1. The quantitative estimate of drug-likeness (QED) is 0.616. The van der Waals surface area contributed by atoms with Crippen LogP contribution in [0.3, 0.4) is 0 Å². The highest BCUT2D eigenvalue weighted by atomic mass is 15.1. The normalized spacial score (nSPS) is 14.4. The average Bonchev–Trinajstić information content (AvgIpc) is 2.58. The number of allylic oxidation sites excluding steroid dienone is 3. The molecule has 1 aromatic carbocycles. The molecular weight excluding hydrogens is 280 g/mol. The molecule has 1 aromatic rings. The van der Waals surface area contributed by atoms with Crippen LogP contribution < -0.4 is 4.90 Å². The van der Waals surface area contributed by atoms with Gasteiger partial charge in [-0.1, -0.05) is 56.5 Å². The SMILES string of the molecule is CCCCCCN1CC=CC=C1/C=C/c1ccc(N(C)C)cc1. The summed E-state index contributed by atoms with van der Waals surface area (Å²) in [5.74, 6) is 0. The van der Waals surface area contributed by atoms with Crippen molar-refractivity contribution in [3.8, 4) is 0 Å². The summed E-state index contributed by atoms with van der Waals surface area (Å²) in [6, 6.07) is 8.68. The first-order valence-electron chi connectivity index (χ1n) is 8.78. The second kappa shape index (κ2) is 9.24. The van der Waals surface area contributed by atoms with Crippen molar-refractivity contribution in [2.24, 2.45) is 0 Å². The minimum absolute atomic E-state index is 1.03. The van der Waals surface area contributed by atoms with Crippen molar-refractivity contribution in [1.29, 1.82) is 0 Å². The summed E-state index contributed by atoms with van der Waals surface area (Å²) in [5, 5.41) is 0. The van der Waals surface area contributed by atoms with E-state index in [0.29, 0.717) is 0 Å². The summed E-state index contributed by atoms with van der Waals surface area (Å²) < 4.78 is 0. The van der Waals surface area contributed by atoms with Crippen LogP contribution in [0.1, 0.15) is 38.2 Å². The Morgan fingerprint density at radius 1 is 1.04 bits per heavy atom. The summed E-state index contributed by atoms with van der Waals surface area (Å²) in [7, 11) is 4.14. The van der Waals surface area contributed by atoms with Crippen LogP contribution in [0.15, 0.2) is 54.3 Å². The van der Waals surface area contributed by atoms with Crippen LogP contribution in [0, 0.1) is 0 Å². The lowest BCUT2D eigenvalue weighted by Crippen LogP contribution is -2.25. The lowest BCUT2D eigenvalue weighted by Gasteiger charge is -2.26. The van der Waals surface area contributed by atoms with Crippen LogP contribution >= 0.6 is 0 Å². The lowest BCUT2D eigenvalue weighted by molar-refractivity contribution is 0.373. The fraction of sp³-hybridized carbons (Fsp3) is 0.429. The number of unbranched alkanes of at least 4 members (excludes halogenated alkanes) is 3. The summed E-state index contributed by atoms with van der Waals surface area (Å²) in [4.78, 5) is 4.60. The Bertz CT molecular complexity index is 550. The first-order valence-corrected chi connectivity index (χ1v) is 8.78. The van der Waals surface area contributed by atoms with Crippen molar-refractivity contribution in [2.75, 3.05) is 32.1 Å². The van der Waals surface area contributed by atoms with Crippen molar-refractivity contribution in [1.82, 2.24) is 4.90 Å². The molecule has 1 heterocycles. The Balaban J connectivity index is 1.95. The fourth-order valence-corrected chi connectivity index (χ4v) is 2.74. The summed E-state index contributed by atoms with van der Waals surface area (Å²) in [5.41, 5.74) is 3.80. The van der Waals surface area contributed by atoms with Gasteiger partial charge in [0.05, 0.1) is 0 Å². The minimum atomic E-state index is 1.03. The molecule has 0 aliphatic carbocycles. The molecule has 1 aliphatic heterocycles. The highest BCUT2D eigenvalue weighted by molar-refractivity contribution is 5.57. The third kappa shape index (κ3) is 5.63. The van der Waals surface area contributed by atoms with Crippen LogP contribution in [0.4, 0.5) is 5.69 Å². The molecule has 0 atom stereocenters. The topological polar surface area (TPSA) is 6.48 Å². The minimum Gasteiger partial charge on any atom is -0.378 e. The van der Waals surface area contributed by atoms with E-state index in [4.69, 9.17) is 0 Å². The van der Waals surface area contributed by atoms with Crippen molar-refractivity contribution < 1.29 is 0 Å². The van der Waals surface area contributed by atoms with Crippen LogP contribution in [0.25, 0.3) is 6.08 Å². The predicted octanol–water partition coefficient (Wildman–Crippen LogP) is 5.10. The van der Waals surface area contributed by atoms with Gasteiger partial charge in [0.25, 0.3) is 0 Å². The standard InChI is InChI=1S/C21H30N2/c1-4-5-6-8-17-23-18-9-7-10-21(23)16-13-19-11-14-20(15-12-19)22(2)3/h7,9-16H,4-6,8,17-18H2,1-3H3/b16-13+. The molecule has 0 amide bonds. The number of nitrogens with zero attached hydrogens (tertiary/aromatic N) is 2. The molecule has 0 N–H and O–H groups in total. The van der Waals surface area contributed by atoms with Crippen LogP contribution in [-0.4, -0.2) is 32.1 Å². The van der Waals surface area contributed by atoms with Gasteiger partial charge in [-0.25, -0.2) is 0 Å². The Kier molecular flexibility index (Phi) is 6.99. The van der Waals surface area contributed by atoms with E-state index in [1.54, 1.807) is 0 Å². The third-order valence-electron chi connectivity index (χ3n) is 4.23. The Morgan fingerprint density at radius 3 is 2.52 bits per heavy atom. The molecule has 0 bridgehead atoms. The first-order chi connectivity index (χ1) is 11.2. The zero-order chi connectivity index (χ0) is 16.5. The molecule has 2 nitrogen and oxygen atoms in total. The van der Waals surface area contributed by atoms with Gasteiger partial charge in [0, 0.05) is 38.6 Å². The monoisotopic (exact) mass is 310 g/mol. The molecule has 0 saturated heterocycles. The molecule has 1 aliphatic rings. The Labute approximate surface area is 141 Å². The zero-order valence-corrected chi connectivity index (χ0v) is 14.8. The van der Waals surface area contributed by atoms with Gasteiger partial charge in [0.15, 0.2) is 0 Å². The van der Waals surface area contributed by atoms with E-state index < -0.39 is 0 Å². The summed E-state index contributed by atoms with van der Waals surface area (Å²) in [6.45, 7) is 4.45. The molecule has 0 unspecified atom stereocenters. The highest BCUT2D eigenvalue weighted by Crippen LogP contribution is 2.17. The molecule has 0 fully saturated rings. The summed E-state index contributed by atoms with van der Waals surface area (Å²) in [6.07, 6.45) is 16.3. The molecule has 23 heavy (non-hydrogen) atoms. The number of anilines is 1. The largest absolute Gasteiger partial charge is 0.378 e. The maximum atomic E-state index is 2.47. The van der Waals surface area contributed by atoms with E-state index in [9.17, 15) is 0 Å². The van der Waals surface area contributed by atoms with Gasteiger partial charge in [-0.3, -0.25) is 0 Å². The van der Waals surface area contributed by atoms with E-state index in [1.165, 1.54) is 42.6 Å². The van der Waals surface area contributed by atoms with Crippen molar-refractivity contribution in [3.05, 3.63) is 59.8 Å². The Morgan fingerprint density at radius 2 is 1.83 bits per heavy atom. The second-order valence-electron chi connectivity index (χ2n) is 6.35. The van der Waals surface area contributed by atoms with Crippen LogP contribution in [-0.2, 0) is 0 Å². The smallest absolute Gasteiger partial charge is 0.0369 e. The zero-order valence-electron chi connectivity index (χ0n) is 14.8. The lowest BCUT2D eigenvalue weighted by atomic mass is 10.1. The second-order valence-corrected chi connectivity index (χ2v) is 6.35. The molecule has 2 rings (SSSR count). The van der Waals surface area contributed by atoms with Gasteiger partial charge < -0.3 is 9.80 Å². The first kappa shape index (κ1) is 17.4. The van der Waals surface area contributed by atoms with Crippen molar-refractivity contribution in [3.63, 3.8) is 0 Å². The van der Waals surface area contributed by atoms with Crippen molar-refractivity contribution in [2.45, 2.75) is 32.6 Å². The van der Waals surface area contributed by atoms with Gasteiger partial charge in [0.1, 0.15) is 0 Å². The van der Waals surface area contributed by atoms with E-state index in [1.807, 2.05) is 0 Å². The van der Waals surface area contributed by atoms with E-state index in [0.717, 1.165) is 13.1 Å². The number of hydrogen-bond acceptors (Lipinski definition) is 2. The molecule has 2 heteroatoms. The van der Waals surface area contributed by atoms with E-state index in [-0.39, 0.29) is 0 Å². The Hall–Kier alpha value is -1.96.